The number of halogens is 2. The first-order chi connectivity index (χ1) is 15.6. The van der Waals surface area contributed by atoms with Crippen LogP contribution in [0.3, 0.4) is 0 Å². The van der Waals surface area contributed by atoms with Crippen molar-refractivity contribution in [3.63, 3.8) is 0 Å². The van der Waals surface area contributed by atoms with Gasteiger partial charge in [-0.15, -0.1) is 0 Å². The summed E-state index contributed by atoms with van der Waals surface area (Å²) in [6, 6.07) is 14.7. The van der Waals surface area contributed by atoms with Crippen molar-refractivity contribution in [1.29, 1.82) is 0 Å². The molecule has 0 fully saturated rings. The van der Waals surface area contributed by atoms with E-state index in [0.29, 0.717) is 0 Å². The third-order valence-corrected chi connectivity index (χ3v) is 6.68. The molecule has 0 aliphatic rings. The number of non-ortho nitro benzene ring substituents is 1. The van der Waals surface area contributed by atoms with E-state index in [1.807, 2.05) is 0 Å². The number of rotatable bonds is 8. The zero-order chi connectivity index (χ0) is 24.2. The summed E-state index contributed by atoms with van der Waals surface area (Å²) < 4.78 is 33.6. The molecule has 0 aliphatic carbocycles. The lowest BCUT2D eigenvalue weighted by Gasteiger charge is -2.11. The zero-order valence-electron chi connectivity index (χ0n) is 16.5. The van der Waals surface area contributed by atoms with Crippen molar-refractivity contribution in [2.45, 2.75) is 4.90 Å². The molecule has 0 saturated heterocycles. The van der Waals surface area contributed by atoms with Gasteiger partial charge in [0.2, 0.25) is 0 Å². The predicted molar refractivity (Wildman–Crippen MR) is 124 cm³/mol. The van der Waals surface area contributed by atoms with E-state index < -0.39 is 33.3 Å². The number of benzene rings is 3. The standard InChI is InChI=1S/C21H14BrClN2O7S/c22-15-4-6-16(7-5-15)24-33(30,31)20-11-14(3-10-18(20)23)21(27)32-12-19(26)13-1-8-17(9-2-13)25(28)29/h1-11,24H,12H2. The molecule has 9 nitrogen and oxygen atoms in total. The Hall–Kier alpha value is -3.28. The first-order valence-corrected chi connectivity index (χ1v) is 11.7. The van der Waals surface area contributed by atoms with Crippen LogP contribution in [0.2, 0.25) is 5.02 Å². The second-order valence-electron chi connectivity index (χ2n) is 6.56. The van der Waals surface area contributed by atoms with Crippen molar-refractivity contribution in [3.05, 3.63) is 97.5 Å². The van der Waals surface area contributed by atoms with Crippen LogP contribution >= 0.6 is 27.5 Å². The lowest BCUT2D eigenvalue weighted by atomic mass is 10.1. The van der Waals surface area contributed by atoms with Gasteiger partial charge in [0.05, 0.1) is 15.5 Å². The second kappa shape index (κ2) is 10.1. The van der Waals surface area contributed by atoms with Gasteiger partial charge in [-0.1, -0.05) is 27.5 Å². The number of nitrogens with zero attached hydrogens (tertiary/aromatic N) is 1. The van der Waals surface area contributed by atoms with Crippen molar-refractivity contribution in [2.75, 3.05) is 11.3 Å². The maximum absolute atomic E-state index is 12.7. The molecule has 0 amide bonds. The molecular weight excluding hydrogens is 540 g/mol. The van der Waals surface area contributed by atoms with Crippen molar-refractivity contribution in [2.24, 2.45) is 0 Å². The van der Waals surface area contributed by atoms with E-state index in [9.17, 15) is 28.1 Å². The molecule has 170 valence electrons. The van der Waals surface area contributed by atoms with Gasteiger partial charge in [-0.25, -0.2) is 13.2 Å². The van der Waals surface area contributed by atoms with Crippen molar-refractivity contribution < 1.29 is 27.7 Å². The Labute approximate surface area is 201 Å². The molecule has 0 unspecified atom stereocenters. The van der Waals surface area contributed by atoms with Gasteiger partial charge in [0, 0.05) is 27.9 Å². The van der Waals surface area contributed by atoms with E-state index in [-0.39, 0.29) is 32.4 Å². The number of carbonyl (C=O) groups excluding carboxylic acids is 2. The molecule has 3 aromatic carbocycles. The number of anilines is 1. The summed E-state index contributed by atoms with van der Waals surface area (Å²) in [7, 11) is -4.13. The van der Waals surface area contributed by atoms with Gasteiger partial charge in [0.1, 0.15) is 4.90 Å². The van der Waals surface area contributed by atoms with E-state index in [1.54, 1.807) is 12.1 Å². The minimum Gasteiger partial charge on any atom is -0.454 e. The number of hydrogen-bond acceptors (Lipinski definition) is 7. The number of nitro benzene ring substituents is 1. The molecule has 1 N–H and O–H groups in total. The maximum Gasteiger partial charge on any atom is 0.338 e. The smallest absolute Gasteiger partial charge is 0.338 e. The summed E-state index contributed by atoms with van der Waals surface area (Å²) >= 11 is 9.29. The molecule has 33 heavy (non-hydrogen) atoms. The summed E-state index contributed by atoms with van der Waals surface area (Å²) in [4.78, 5) is 34.3. The first-order valence-electron chi connectivity index (χ1n) is 9.09. The van der Waals surface area contributed by atoms with Crippen LogP contribution in [0.15, 0.2) is 76.1 Å². The molecule has 0 saturated carbocycles. The molecule has 3 rings (SSSR count). The maximum atomic E-state index is 12.7. The largest absolute Gasteiger partial charge is 0.454 e. The van der Waals surface area contributed by atoms with Gasteiger partial charge in [-0.2, -0.15) is 0 Å². The van der Waals surface area contributed by atoms with Gasteiger partial charge in [0.15, 0.2) is 12.4 Å². The first kappa shape index (κ1) is 24.4. The van der Waals surface area contributed by atoms with Crippen LogP contribution < -0.4 is 4.72 Å². The average Bonchev–Trinajstić information content (AvgIpc) is 2.78. The van der Waals surface area contributed by atoms with Gasteiger partial charge in [-0.05, 0) is 54.6 Å². The Bertz CT molecular complexity index is 1330. The minimum atomic E-state index is -4.13. The normalized spacial score (nSPS) is 11.0. The number of nitro groups is 1. The van der Waals surface area contributed by atoms with Crippen LogP contribution in [0.5, 0.6) is 0 Å². The Morgan fingerprint density at radius 1 is 1.00 bits per heavy atom. The van der Waals surface area contributed by atoms with Crippen molar-refractivity contribution in [3.8, 4) is 0 Å². The lowest BCUT2D eigenvalue weighted by molar-refractivity contribution is -0.384. The molecule has 0 heterocycles. The van der Waals surface area contributed by atoms with E-state index >= 15 is 0 Å². The molecule has 0 aromatic heterocycles. The monoisotopic (exact) mass is 552 g/mol. The SMILES string of the molecule is O=C(COC(=O)c1ccc(Cl)c(S(=O)(=O)Nc2ccc(Br)cc2)c1)c1ccc([N+](=O)[O-])cc1. The molecule has 0 atom stereocenters. The number of sulfonamides is 1. The number of ether oxygens (including phenoxy) is 1. The van der Waals surface area contributed by atoms with Crippen molar-refractivity contribution >= 4 is 60.7 Å². The van der Waals surface area contributed by atoms with Crippen LogP contribution in [-0.2, 0) is 14.8 Å². The molecule has 0 spiro atoms. The minimum absolute atomic E-state index is 0.113. The number of hydrogen-bond donors (Lipinski definition) is 1. The van der Waals surface area contributed by atoms with Crippen LogP contribution in [-0.4, -0.2) is 31.7 Å². The van der Waals surface area contributed by atoms with Crippen molar-refractivity contribution in [1.82, 2.24) is 0 Å². The fourth-order valence-electron chi connectivity index (χ4n) is 2.63. The fraction of sp³-hybridized carbons (Fsp3) is 0.0476. The molecule has 0 radical (unpaired) electrons. The number of esters is 1. The second-order valence-corrected chi connectivity index (χ2v) is 9.53. The predicted octanol–water partition coefficient (Wildman–Crippen LogP) is 4.85. The van der Waals surface area contributed by atoms with Crippen LogP contribution in [0.25, 0.3) is 0 Å². The summed E-state index contributed by atoms with van der Waals surface area (Å²) in [5, 5.41) is 10.6. The van der Waals surface area contributed by atoms with Crippen LogP contribution in [0.1, 0.15) is 20.7 Å². The highest BCUT2D eigenvalue weighted by molar-refractivity contribution is 9.10. The molecular formula is C21H14BrClN2O7S. The summed E-state index contributed by atoms with van der Waals surface area (Å²) in [6.07, 6.45) is 0. The van der Waals surface area contributed by atoms with E-state index in [0.717, 1.165) is 22.7 Å². The average molecular weight is 554 g/mol. The van der Waals surface area contributed by atoms with E-state index in [4.69, 9.17) is 16.3 Å². The molecule has 12 heteroatoms. The van der Waals surface area contributed by atoms with Gasteiger partial charge in [0.25, 0.3) is 15.7 Å². The van der Waals surface area contributed by atoms with Gasteiger partial charge < -0.3 is 4.74 Å². The summed E-state index contributed by atoms with van der Waals surface area (Å²) in [5.41, 5.74) is 0.0877. The Balaban J connectivity index is 1.72. The fourth-order valence-corrected chi connectivity index (χ4v) is 4.48. The summed E-state index contributed by atoms with van der Waals surface area (Å²) in [6.45, 7) is -0.640. The highest BCUT2D eigenvalue weighted by Crippen LogP contribution is 2.26. The molecule has 3 aromatic rings. The number of Topliss-reactive ketones (excluding diaryl/α,β-unsaturated/α-hetero) is 1. The quantitative estimate of drug-likeness (QED) is 0.182. The van der Waals surface area contributed by atoms with E-state index in [2.05, 4.69) is 20.7 Å². The molecule has 0 bridgehead atoms. The highest BCUT2D eigenvalue weighted by atomic mass is 79.9. The topological polar surface area (TPSA) is 133 Å². The summed E-state index contributed by atoms with van der Waals surface area (Å²) in [5.74, 6) is -1.53. The number of nitrogens with one attached hydrogen (secondary N) is 1. The Morgan fingerprint density at radius 2 is 1.61 bits per heavy atom. The number of ketones is 1. The third-order valence-electron chi connectivity index (χ3n) is 4.29. The van der Waals surface area contributed by atoms with E-state index in [1.165, 1.54) is 36.4 Å². The zero-order valence-corrected chi connectivity index (χ0v) is 19.7. The number of carbonyl (C=O) groups is 2. The lowest BCUT2D eigenvalue weighted by Crippen LogP contribution is -2.16. The van der Waals surface area contributed by atoms with Gasteiger partial charge >= 0.3 is 5.97 Å². The Morgan fingerprint density at radius 3 is 2.21 bits per heavy atom. The Kier molecular flexibility index (Phi) is 7.46. The van der Waals surface area contributed by atoms with Gasteiger partial charge in [-0.3, -0.25) is 19.6 Å². The highest BCUT2D eigenvalue weighted by Gasteiger charge is 2.21. The third kappa shape index (κ3) is 6.15. The van der Waals surface area contributed by atoms with Crippen LogP contribution in [0.4, 0.5) is 11.4 Å². The van der Waals surface area contributed by atoms with Crippen LogP contribution in [0, 0.1) is 10.1 Å². The molecule has 0 aliphatic heterocycles.